The first kappa shape index (κ1) is 15.5. The fourth-order valence-corrected chi connectivity index (χ4v) is 2.19. The number of benzene rings is 1. The fraction of sp³-hybridized carbons (Fsp3) is 0.500. The van der Waals surface area contributed by atoms with Gasteiger partial charge in [-0.15, -0.1) is 0 Å². The number of carbonyl (C=O) groups excluding carboxylic acids is 1. The Bertz CT molecular complexity index is 486. The summed E-state index contributed by atoms with van der Waals surface area (Å²) in [6, 6.07) is 1.89. The summed E-state index contributed by atoms with van der Waals surface area (Å²) in [4.78, 5) is 13.5. The van der Waals surface area contributed by atoms with Crippen LogP contribution in [0.2, 0.25) is 0 Å². The zero-order valence-electron chi connectivity index (χ0n) is 12.2. The molecule has 0 bridgehead atoms. The Kier molecular flexibility index (Phi) is 4.91. The molecule has 1 unspecified atom stereocenters. The number of likely N-dealkylation sites (N-methyl/N-ethyl adjacent to an activating group) is 1. The molecule has 5 heteroatoms. The van der Waals surface area contributed by atoms with Crippen molar-refractivity contribution in [3.8, 4) is 5.75 Å². The van der Waals surface area contributed by atoms with Crippen LogP contribution in [0.1, 0.15) is 16.7 Å². The highest BCUT2D eigenvalue weighted by Gasteiger charge is 2.23. The molecular formula is C14H22N2O3. The molecule has 3 N–H and O–H groups in total. The van der Waals surface area contributed by atoms with Crippen LogP contribution in [-0.2, 0) is 4.79 Å². The molecule has 0 aliphatic heterocycles. The summed E-state index contributed by atoms with van der Waals surface area (Å²) < 4.78 is 5.30. The number of nitrogens with two attached hydrogens (primary N) is 1. The largest absolute Gasteiger partial charge is 0.496 e. The molecule has 0 spiro atoms. The minimum atomic E-state index is -1.17. The highest BCUT2D eigenvalue weighted by Crippen LogP contribution is 2.33. The summed E-state index contributed by atoms with van der Waals surface area (Å²) in [7, 11) is 3.26. The van der Waals surface area contributed by atoms with Crippen molar-refractivity contribution < 1.29 is 14.6 Å². The van der Waals surface area contributed by atoms with E-state index in [0.29, 0.717) is 0 Å². The van der Waals surface area contributed by atoms with Gasteiger partial charge in [0, 0.05) is 19.3 Å². The zero-order valence-corrected chi connectivity index (χ0v) is 12.2. The Morgan fingerprint density at radius 1 is 1.42 bits per heavy atom. The van der Waals surface area contributed by atoms with E-state index in [9.17, 15) is 9.90 Å². The van der Waals surface area contributed by atoms with Gasteiger partial charge in [0.1, 0.15) is 11.9 Å². The van der Waals surface area contributed by atoms with Gasteiger partial charge in [0.25, 0.3) is 5.91 Å². The summed E-state index contributed by atoms with van der Waals surface area (Å²) in [6.07, 6.45) is -1.17. The molecule has 5 nitrogen and oxygen atoms in total. The van der Waals surface area contributed by atoms with Gasteiger partial charge >= 0.3 is 0 Å². The summed E-state index contributed by atoms with van der Waals surface area (Å²) in [5, 5.41) is 9.57. The molecule has 0 saturated carbocycles. The lowest BCUT2D eigenvalue weighted by Gasteiger charge is -2.25. The summed E-state index contributed by atoms with van der Waals surface area (Å²) in [5.41, 5.74) is 8.96. The first-order valence-corrected chi connectivity index (χ1v) is 6.15. The van der Waals surface area contributed by atoms with Crippen LogP contribution in [0.3, 0.4) is 0 Å². The molecule has 0 saturated heterocycles. The van der Waals surface area contributed by atoms with Crippen LogP contribution in [0.5, 0.6) is 5.75 Å². The van der Waals surface area contributed by atoms with Gasteiger partial charge in [-0.3, -0.25) is 4.79 Å². The van der Waals surface area contributed by atoms with Crippen LogP contribution >= 0.6 is 0 Å². The van der Waals surface area contributed by atoms with Crippen molar-refractivity contribution in [2.24, 2.45) is 5.73 Å². The van der Waals surface area contributed by atoms with Crippen LogP contribution in [0.25, 0.3) is 0 Å². The quantitative estimate of drug-likeness (QED) is 0.849. The molecule has 0 radical (unpaired) electrons. The molecule has 106 valence electrons. The van der Waals surface area contributed by atoms with Gasteiger partial charge in [-0.05, 0) is 43.5 Å². The van der Waals surface area contributed by atoms with Gasteiger partial charge in [0.05, 0.1) is 7.11 Å². The number of nitrogens with zero attached hydrogens (tertiary/aromatic N) is 1. The number of rotatable bonds is 4. The van der Waals surface area contributed by atoms with Crippen molar-refractivity contribution >= 4 is 11.6 Å². The molecule has 0 fully saturated rings. The van der Waals surface area contributed by atoms with E-state index in [0.717, 1.165) is 28.1 Å². The van der Waals surface area contributed by atoms with Crippen molar-refractivity contribution in [1.29, 1.82) is 0 Å². The van der Waals surface area contributed by atoms with Gasteiger partial charge in [0.2, 0.25) is 0 Å². The standard InChI is InChI=1S/C14H22N2O3/c1-8-6-12(19-5)9(2)10(3)13(8)16(4)14(18)11(17)7-15/h6,11,17H,7,15H2,1-5H3. The second-order valence-corrected chi connectivity index (χ2v) is 4.64. The van der Waals surface area contributed by atoms with E-state index in [1.807, 2.05) is 26.8 Å². The van der Waals surface area contributed by atoms with Gasteiger partial charge in [-0.2, -0.15) is 0 Å². The van der Waals surface area contributed by atoms with Crippen LogP contribution < -0.4 is 15.4 Å². The number of anilines is 1. The lowest BCUT2D eigenvalue weighted by Crippen LogP contribution is -2.41. The predicted molar refractivity (Wildman–Crippen MR) is 75.7 cm³/mol. The van der Waals surface area contributed by atoms with E-state index in [-0.39, 0.29) is 6.54 Å². The number of hydrogen-bond acceptors (Lipinski definition) is 4. The first-order chi connectivity index (χ1) is 8.84. The van der Waals surface area contributed by atoms with Crippen LogP contribution in [0.15, 0.2) is 6.07 Å². The highest BCUT2D eigenvalue weighted by molar-refractivity contribution is 5.97. The smallest absolute Gasteiger partial charge is 0.256 e. The van der Waals surface area contributed by atoms with E-state index < -0.39 is 12.0 Å². The number of hydrogen-bond donors (Lipinski definition) is 2. The number of aliphatic hydroxyl groups excluding tert-OH is 1. The molecule has 1 aromatic rings. The summed E-state index contributed by atoms with van der Waals surface area (Å²) >= 11 is 0. The minimum absolute atomic E-state index is 0.0869. The first-order valence-electron chi connectivity index (χ1n) is 6.15. The molecule has 1 aromatic carbocycles. The maximum absolute atomic E-state index is 12.0. The number of amides is 1. The summed E-state index contributed by atoms with van der Waals surface area (Å²) in [6.45, 7) is 5.69. The topological polar surface area (TPSA) is 75.8 Å². The maximum atomic E-state index is 12.0. The zero-order chi connectivity index (χ0) is 14.7. The Morgan fingerprint density at radius 3 is 2.47 bits per heavy atom. The van der Waals surface area contributed by atoms with Crippen LogP contribution in [0, 0.1) is 20.8 Å². The normalized spacial score (nSPS) is 12.2. The average Bonchev–Trinajstić information content (AvgIpc) is 2.40. The lowest BCUT2D eigenvalue weighted by atomic mass is 10.0. The molecule has 0 aliphatic carbocycles. The SMILES string of the molecule is COc1cc(C)c(N(C)C(=O)C(O)CN)c(C)c1C. The van der Waals surface area contributed by atoms with Crippen molar-refractivity contribution in [3.05, 3.63) is 22.8 Å². The van der Waals surface area contributed by atoms with Crippen LogP contribution in [-0.4, -0.2) is 37.8 Å². The second-order valence-electron chi connectivity index (χ2n) is 4.64. The number of ether oxygens (including phenoxy) is 1. The Morgan fingerprint density at radius 2 is 2.00 bits per heavy atom. The molecule has 0 aliphatic rings. The van der Waals surface area contributed by atoms with Crippen LogP contribution in [0.4, 0.5) is 5.69 Å². The molecule has 19 heavy (non-hydrogen) atoms. The maximum Gasteiger partial charge on any atom is 0.256 e. The lowest BCUT2D eigenvalue weighted by molar-refractivity contribution is -0.125. The number of carbonyl (C=O) groups is 1. The Balaban J connectivity index is 3.28. The van der Waals surface area contributed by atoms with E-state index in [4.69, 9.17) is 10.5 Å². The van der Waals surface area contributed by atoms with E-state index in [2.05, 4.69) is 0 Å². The minimum Gasteiger partial charge on any atom is -0.496 e. The number of methoxy groups -OCH3 is 1. The molecule has 1 atom stereocenters. The fourth-order valence-electron chi connectivity index (χ4n) is 2.19. The van der Waals surface area contributed by atoms with Gasteiger partial charge in [-0.1, -0.05) is 0 Å². The average molecular weight is 266 g/mol. The van der Waals surface area contributed by atoms with E-state index in [1.54, 1.807) is 14.2 Å². The van der Waals surface area contributed by atoms with Crippen molar-refractivity contribution in [2.45, 2.75) is 26.9 Å². The van der Waals surface area contributed by atoms with E-state index >= 15 is 0 Å². The number of aryl methyl sites for hydroxylation is 1. The molecule has 0 heterocycles. The second kappa shape index (κ2) is 6.04. The third kappa shape index (κ3) is 2.88. The molecule has 1 rings (SSSR count). The third-order valence-corrected chi connectivity index (χ3v) is 3.40. The van der Waals surface area contributed by atoms with Gasteiger partial charge in [-0.25, -0.2) is 0 Å². The van der Waals surface area contributed by atoms with Gasteiger partial charge < -0.3 is 20.5 Å². The summed E-state index contributed by atoms with van der Waals surface area (Å²) in [5.74, 6) is 0.386. The van der Waals surface area contributed by atoms with E-state index in [1.165, 1.54) is 4.90 Å². The van der Waals surface area contributed by atoms with Crippen molar-refractivity contribution in [2.75, 3.05) is 25.6 Å². The Labute approximate surface area is 114 Å². The van der Waals surface area contributed by atoms with Crippen molar-refractivity contribution in [3.63, 3.8) is 0 Å². The third-order valence-electron chi connectivity index (χ3n) is 3.40. The monoisotopic (exact) mass is 266 g/mol. The molecule has 1 amide bonds. The number of aliphatic hydroxyl groups is 1. The van der Waals surface area contributed by atoms with Gasteiger partial charge in [0.15, 0.2) is 0 Å². The molecule has 0 aromatic heterocycles. The highest BCUT2D eigenvalue weighted by atomic mass is 16.5. The van der Waals surface area contributed by atoms with Crippen molar-refractivity contribution in [1.82, 2.24) is 0 Å². The molecular weight excluding hydrogens is 244 g/mol. The Hall–Kier alpha value is -1.59. The predicted octanol–water partition coefficient (Wildman–Crippen LogP) is 0.903.